The Morgan fingerprint density at radius 2 is 1.77 bits per heavy atom. The number of H-pyrrole nitrogens is 1. The van der Waals surface area contributed by atoms with E-state index in [0.717, 1.165) is 46.9 Å². The molecule has 31 heavy (non-hydrogen) atoms. The highest BCUT2D eigenvalue weighted by atomic mass is 15.5. The van der Waals surface area contributed by atoms with Gasteiger partial charge in [-0.25, -0.2) is 4.98 Å². The smallest absolute Gasteiger partial charge is 0.205 e. The van der Waals surface area contributed by atoms with Crippen LogP contribution in [0.25, 0.3) is 22.5 Å². The van der Waals surface area contributed by atoms with Gasteiger partial charge in [0.2, 0.25) is 5.82 Å². The minimum atomic E-state index is 0.252. The van der Waals surface area contributed by atoms with Crippen molar-refractivity contribution in [3.05, 3.63) is 71.4 Å². The first kappa shape index (κ1) is 19.2. The lowest BCUT2D eigenvalue weighted by molar-refractivity contribution is 0.645. The summed E-state index contributed by atoms with van der Waals surface area (Å²) in [6, 6.07) is 19.0. The number of hydrogen-bond donors (Lipinski definition) is 2. The van der Waals surface area contributed by atoms with Crippen LogP contribution in [0.5, 0.6) is 0 Å². The summed E-state index contributed by atoms with van der Waals surface area (Å²) in [4.78, 5) is 7.21. The fraction of sp³-hybridized carbons (Fsp3) is 0.250. The lowest BCUT2D eigenvalue weighted by Crippen LogP contribution is -2.34. The quantitative estimate of drug-likeness (QED) is 0.495. The Bertz CT molecular complexity index is 1200. The molecule has 0 saturated heterocycles. The standard InChI is InChI=1S/C24H25N7/c1-4-21-26-22-15(2)13-16(3)25-24(22)31(21)14-17-9-11-18(12-10-17)19-7-5-6-8-20(19)23-27-29-30-28-23/h5-13,21,26H,4,14H2,1-3H3,(H,27,28,29,30). The number of nitrogens with zero attached hydrogens (tertiary/aromatic N) is 5. The molecule has 0 amide bonds. The molecule has 5 rings (SSSR count). The van der Waals surface area contributed by atoms with Crippen LogP contribution in [-0.2, 0) is 6.54 Å². The van der Waals surface area contributed by atoms with Crippen molar-refractivity contribution in [3.63, 3.8) is 0 Å². The highest BCUT2D eigenvalue weighted by molar-refractivity contribution is 5.80. The van der Waals surface area contributed by atoms with Crippen LogP contribution in [0, 0.1) is 13.8 Å². The van der Waals surface area contributed by atoms with Crippen LogP contribution in [0.4, 0.5) is 11.5 Å². The van der Waals surface area contributed by atoms with Crippen molar-refractivity contribution in [2.45, 2.75) is 39.9 Å². The number of aromatic nitrogens is 5. The van der Waals surface area contributed by atoms with Gasteiger partial charge in [-0.05, 0) is 53.8 Å². The number of anilines is 2. The SMILES string of the molecule is CCC1Nc2c(C)cc(C)nc2N1Cc1ccc(-c2ccccc2-c2nn[nH]n2)cc1. The first-order chi connectivity index (χ1) is 15.1. The number of tetrazole rings is 1. The normalized spacial score (nSPS) is 15.1. The first-order valence-corrected chi connectivity index (χ1v) is 10.6. The van der Waals surface area contributed by atoms with Crippen molar-refractivity contribution >= 4 is 11.5 Å². The Balaban J connectivity index is 1.44. The zero-order valence-electron chi connectivity index (χ0n) is 17.9. The van der Waals surface area contributed by atoms with E-state index in [4.69, 9.17) is 4.98 Å². The van der Waals surface area contributed by atoms with E-state index in [1.165, 1.54) is 11.1 Å². The molecule has 2 aromatic heterocycles. The summed E-state index contributed by atoms with van der Waals surface area (Å²) < 4.78 is 0. The van der Waals surface area contributed by atoms with Gasteiger partial charge in [-0.1, -0.05) is 55.5 Å². The molecule has 7 heteroatoms. The molecule has 7 nitrogen and oxygen atoms in total. The molecular formula is C24H25N7. The molecule has 1 unspecified atom stereocenters. The summed E-state index contributed by atoms with van der Waals surface area (Å²) in [6.07, 6.45) is 1.26. The van der Waals surface area contributed by atoms with Gasteiger partial charge >= 0.3 is 0 Å². The second-order valence-corrected chi connectivity index (χ2v) is 7.95. The third-order valence-corrected chi connectivity index (χ3v) is 5.80. The predicted octanol–water partition coefficient (Wildman–Crippen LogP) is 4.71. The molecule has 0 spiro atoms. The molecule has 3 heterocycles. The Hall–Kier alpha value is -3.74. The molecule has 1 aliphatic rings. The predicted molar refractivity (Wildman–Crippen MR) is 123 cm³/mol. The van der Waals surface area contributed by atoms with Crippen LogP contribution in [0.3, 0.4) is 0 Å². The summed E-state index contributed by atoms with van der Waals surface area (Å²) in [5.74, 6) is 1.65. The molecule has 0 fully saturated rings. The molecule has 0 bridgehead atoms. The Morgan fingerprint density at radius 3 is 2.48 bits per heavy atom. The van der Waals surface area contributed by atoms with Crippen molar-refractivity contribution in [3.8, 4) is 22.5 Å². The highest BCUT2D eigenvalue weighted by Gasteiger charge is 2.30. The van der Waals surface area contributed by atoms with E-state index in [2.05, 4.69) is 88.0 Å². The molecule has 1 aliphatic heterocycles. The number of aromatic amines is 1. The number of pyridine rings is 1. The zero-order valence-corrected chi connectivity index (χ0v) is 17.9. The molecule has 0 saturated carbocycles. The van der Waals surface area contributed by atoms with E-state index >= 15 is 0 Å². The van der Waals surface area contributed by atoms with Crippen LogP contribution >= 0.6 is 0 Å². The third kappa shape index (κ3) is 3.52. The fourth-order valence-electron chi connectivity index (χ4n) is 4.30. The van der Waals surface area contributed by atoms with Gasteiger partial charge in [-0.15, -0.1) is 10.2 Å². The van der Waals surface area contributed by atoms with Crippen LogP contribution in [-0.4, -0.2) is 31.8 Å². The Labute approximate surface area is 181 Å². The van der Waals surface area contributed by atoms with Gasteiger partial charge in [0, 0.05) is 17.8 Å². The Morgan fingerprint density at radius 1 is 1.00 bits per heavy atom. The van der Waals surface area contributed by atoms with Gasteiger partial charge < -0.3 is 10.2 Å². The Kier molecular flexibility index (Phi) is 4.86. The van der Waals surface area contributed by atoms with Gasteiger partial charge in [0.05, 0.1) is 5.69 Å². The average molecular weight is 412 g/mol. The lowest BCUT2D eigenvalue weighted by atomic mass is 9.98. The second-order valence-electron chi connectivity index (χ2n) is 7.95. The van der Waals surface area contributed by atoms with Crippen molar-refractivity contribution in [1.29, 1.82) is 0 Å². The van der Waals surface area contributed by atoms with E-state index in [-0.39, 0.29) is 6.17 Å². The van der Waals surface area contributed by atoms with E-state index in [0.29, 0.717) is 5.82 Å². The maximum atomic E-state index is 4.84. The van der Waals surface area contributed by atoms with E-state index in [1.54, 1.807) is 0 Å². The summed E-state index contributed by atoms with van der Waals surface area (Å²) in [5.41, 5.74) is 7.87. The van der Waals surface area contributed by atoms with Crippen LogP contribution in [0.1, 0.15) is 30.2 Å². The maximum Gasteiger partial charge on any atom is 0.205 e. The van der Waals surface area contributed by atoms with E-state index in [9.17, 15) is 0 Å². The van der Waals surface area contributed by atoms with Crippen molar-refractivity contribution in [2.75, 3.05) is 10.2 Å². The number of nitrogens with one attached hydrogen (secondary N) is 2. The monoisotopic (exact) mass is 411 g/mol. The molecule has 156 valence electrons. The zero-order chi connectivity index (χ0) is 21.4. The summed E-state index contributed by atoms with van der Waals surface area (Å²) in [5, 5.41) is 18.2. The van der Waals surface area contributed by atoms with Crippen LogP contribution < -0.4 is 10.2 Å². The topological polar surface area (TPSA) is 82.6 Å². The minimum Gasteiger partial charge on any atom is -0.362 e. The van der Waals surface area contributed by atoms with E-state index < -0.39 is 0 Å². The van der Waals surface area contributed by atoms with Crippen molar-refractivity contribution in [1.82, 2.24) is 25.6 Å². The van der Waals surface area contributed by atoms with Crippen molar-refractivity contribution in [2.24, 2.45) is 0 Å². The maximum absolute atomic E-state index is 4.84. The molecule has 2 aromatic carbocycles. The summed E-state index contributed by atoms with van der Waals surface area (Å²) in [7, 11) is 0. The van der Waals surface area contributed by atoms with Crippen molar-refractivity contribution < 1.29 is 0 Å². The minimum absolute atomic E-state index is 0.252. The molecular weight excluding hydrogens is 386 g/mol. The number of benzene rings is 2. The summed E-state index contributed by atoms with van der Waals surface area (Å²) in [6.45, 7) is 7.21. The fourth-order valence-corrected chi connectivity index (χ4v) is 4.30. The number of fused-ring (bicyclic) bond motifs is 1. The third-order valence-electron chi connectivity index (χ3n) is 5.80. The molecule has 4 aromatic rings. The second kappa shape index (κ2) is 7.83. The van der Waals surface area contributed by atoms with Gasteiger partial charge in [0.15, 0.2) is 5.82 Å². The molecule has 0 aliphatic carbocycles. The highest BCUT2D eigenvalue weighted by Crippen LogP contribution is 2.38. The van der Waals surface area contributed by atoms with Crippen LogP contribution in [0.2, 0.25) is 0 Å². The molecule has 1 atom stereocenters. The van der Waals surface area contributed by atoms with Gasteiger partial charge in [0.25, 0.3) is 0 Å². The van der Waals surface area contributed by atoms with Gasteiger partial charge in [0.1, 0.15) is 6.17 Å². The number of rotatable bonds is 5. The largest absolute Gasteiger partial charge is 0.362 e. The van der Waals surface area contributed by atoms with Gasteiger partial charge in [-0.3, -0.25) is 0 Å². The number of hydrogen-bond acceptors (Lipinski definition) is 6. The average Bonchev–Trinajstić information content (AvgIpc) is 3.43. The van der Waals surface area contributed by atoms with Gasteiger partial charge in [-0.2, -0.15) is 5.21 Å². The molecule has 2 N–H and O–H groups in total. The summed E-state index contributed by atoms with van der Waals surface area (Å²) >= 11 is 0. The lowest BCUT2D eigenvalue weighted by Gasteiger charge is -2.25. The first-order valence-electron chi connectivity index (χ1n) is 10.6. The number of aryl methyl sites for hydroxylation is 2. The van der Waals surface area contributed by atoms with E-state index in [1.807, 2.05) is 18.2 Å². The van der Waals surface area contributed by atoms with Crippen LogP contribution in [0.15, 0.2) is 54.6 Å². The molecule has 0 radical (unpaired) electrons.